The topological polar surface area (TPSA) is 135 Å². The van der Waals surface area contributed by atoms with Crippen molar-refractivity contribution < 1.29 is 22.4 Å². The molecule has 4 rings (SSSR count). The summed E-state index contributed by atoms with van der Waals surface area (Å²) in [5.74, 6) is 0.381. The lowest BCUT2D eigenvalue weighted by molar-refractivity contribution is -0.137. The van der Waals surface area contributed by atoms with Crippen LogP contribution in [0.4, 0.5) is 13.2 Å². The van der Waals surface area contributed by atoms with Crippen LogP contribution in [0.1, 0.15) is 24.0 Å². The van der Waals surface area contributed by atoms with Crippen LogP contribution >= 0.6 is 0 Å². The number of rotatable bonds is 9. The molecule has 0 saturated heterocycles. The summed E-state index contributed by atoms with van der Waals surface area (Å²) in [5.41, 5.74) is 1.24. The zero-order valence-electron chi connectivity index (χ0n) is 19.1. The highest BCUT2D eigenvalue weighted by atomic mass is 19.4. The molecule has 0 aliphatic carbocycles. The van der Waals surface area contributed by atoms with Crippen LogP contribution in [0, 0.1) is 0 Å². The molecule has 0 spiro atoms. The summed E-state index contributed by atoms with van der Waals surface area (Å²) in [6.07, 6.45) is 2.37. The number of nitrogens with zero attached hydrogens (tertiary/aromatic N) is 10. The lowest BCUT2D eigenvalue weighted by Crippen LogP contribution is -2.08. The average molecular weight is 500 g/mol. The normalized spacial score (nSPS) is 12.7. The van der Waals surface area contributed by atoms with Gasteiger partial charge in [-0.3, -0.25) is 9.67 Å². The van der Waals surface area contributed by atoms with E-state index in [0.717, 1.165) is 12.1 Å². The molecule has 0 bridgehead atoms. The molecule has 0 saturated carbocycles. The highest BCUT2D eigenvalue weighted by molar-refractivity contribution is 5.87. The fourth-order valence-electron chi connectivity index (χ4n) is 3.03. The van der Waals surface area contributed by atoms with Crippen LogP contribution < -0.4 is 4.74 Å². The predicted molar refractivity (Wildman–Crippen MR) is 119 cm³/mol. The molecule has 4 aromatic heterocycles. The molecule has 0 fully saturated rings. The Hall–Kier alpha value is -4.69. The average Bonchev–Trinajstić information content (AvgIpc) is 3.59. The minimum Gasteiger partial charge on any atom is -0.471 e. The first-order valence-corrected chi connectivity index (χ1v) is 10.3. The minimum atomic E-state index is -4.48. The van der Waals surface area contributed by atoms with Crippen molar-refractivity contribution in [3.05, 3.63) is 66.7 Å². The van der Waals surface area contributed by atoms with E-state index in [1.54, 1.807) is 26.1 Å². The van der Waals surface area contributed by atoms with E-state index in [1.165, 1.54) is 21.9 Å². The second-order valence-corrected chi connectivity index (χ2v) is 7.37. The number of alkyl halides is 3. The molecular weight excluding hydrogens is 481 g/mol. The summed E-state index contributed by atoms with van der Waals surface area (Å²) in [6, 6.07) is 2.04. The van der Waals surface area contributed by atoms with Crippen molar-refractivity contribution in [3.63, 3.8) is 0 Å². The quantitative estimate of drug-likeness (QED) is 0.251. The molecule has 36 heavy (non-hydrogen) atoms. The van der Waals surface area contributed by atoms with Crippen molar-refractivity contribution in [2.24, 2.45) is 12.0 Å². The van der Waals surface area contributed by atoms with Crippen LogP contribution in [0.25, 0.3) is 17.2 Å². The van der Waals surface area contributed by atoms with Crippen molar-refractivity contribution >= 4 is 11.4 Å². The Labute approximate surface area is 201 Å². The molecule has 0 aliphatic heterocycles. The Bertz CT molecular complexity index is 1390. The lowest BCUT2D eigenvalue weighted by atomic mass is 10.2. The van der Waals surface area contributed by atoms with Gasteiger partial charge in [0.2, 0.25) is 11.7 Å². The number of tetrazole rings is 1. The fraction of sp³-hybridized carbons (Fsp3) is 0.238. The molecule has 12 nitrogen and oxygen atoms in total. The van der Waals surface area contributed by atoms with E-state index in [2.05, 4.69) is 47.3 Å². The Balaban J connectivity index is 1.52. The molecule has 186 valence electrons. The zero-order chi connectivity index (χ0) is 25.7. The Morgan fingerprint density at radius 1 is 1.28 bits per heavy atom. The van der Waals surface area contributed by atoms with E-state index in [9.17, 15) is 13.2 Å². The third-order valence-electron chi connectivity index (χ3n) is 4.74. The van der Waals surface area contributed by atoms with Crippen molar-refractivity contribution in [2.75, 3.05) is 0 Å². The van der Waals surface area contributed by atoms with Gasteiger partial charge in [0.25, 0.3) is 5.89 Å². The van der Waals surface area contributed by atoms with Crippen molar-refractivity contribution in [2.45, 2.75) is 26.3 Å². The maximum Gasteiger partial charge on any atom is 0.417 e. The van der Waals surface area contributed by atoms with E-state index >= 15 is 0 Å². The van der Waals surface area contributed by atoms with Gasteiger partial charge < -0.3 is 9.26 Å². The molecule has 0 radical (unpaired) electrons. The number of halogens is 3. The van der Waals surface area contributed by atoms with Crippen molar-refractivity contribution in [3.8, 4) is 17.3 Å². The molecule has 15 heteroatoms. The van der Waals surface area contributed by atoms with E-state index in [-0.39, 0.29) is 24.2 Å². The SMILES string of the molecule is C=C/C=C(\N=C(C)Cn1cnnn1)c1noc(-c2cnn(C)c2COc2ccc(C(F)(F)F)cn2)n1. The van der Waals surface area contributed by atoms with Crippen LogP contribution in [-0.4, -0.2) is 50.8 Å². The number of aryl methyl sites for hydroxylation is 1. The number of aromatic nitrogens is 9. The summed E-state index contributed by atoms with van der Waals surface area (Å²) in [4.78, 5) is 12.6. The predicted octanol–water partition coefficient (Wildman–Crippen LogP) is 3.14. The first-order valence-electron chi connectivity index (χ1n) is 10.3. The van der Waals surface area contributed by atoms with E-state index in [4.69, 9.17) is 9.26 Å². The number of hydrogen-bond acceptors (Lipinski definition) is 10. The van der Waals surface area contributed by atoms with Gasteiger partial charge in [0.05, 0.1) is 29.6 Å². The fourth-order valence-corrected chi connectivity index (χ4v) is 3.03. The Morgan fingerprint density at radius 2 is 2.11 bits per heavy atom. The van der Waals surface area contributed by atoms with Crippen LogP contribution in [0.3, 0.4) is 0 Å². The highest BCUT2D eigenvalue weighted by Crippen LogP contribution is 2.30. The summed E-state index contributed by atoms with van der Waals surface area (Å²) in [6.45, 7) is 5.79. The maximum atomic E-state index is 12.7. The van der Waals surface area contributed by atoms with Crippen LogP contribution in [0.5, 0.6) is 5.88 Å². The third-order valence-corrected chi connectivity index (χ3v) is 4.74. The van der Waals surface area contributed by atoms with E-state index in [0.29, 0.717) is 35.4 Å². The summed E-state index contributed by atoms with van der Waals surface area (Å²) < 4.78 is 52.3. The van der Waals surface area contributed by atoms with Gasteiger partial charge in [-0.05, 0) is 29.5 Å². The van der Waals surface area contributed by atoms with Gasteiger partial charge in [-0.2, -0.15) is 23.3 Å². The zero-order valence-corrected chi connectivity index (χ0v) is 19.1. The molecule has 0 N–H and O–H groups in total. The van der Waals surface area contributed by atoms with Gasteiger partial charge in [0.1, 0.15) is 18.6 Å². The summed E-state index contributed by atoms with van der Waals surface area (Å²) in [7, 11) is 1.68. The lowest BCUT2D eigenvalue weighted by Gasteiger charge is -2.09. The van der Waals surface area contributed by atoms with Crippen LogP contribution in [-0.2, 0) is 26.4 Å². The molecule has 4 aromatic rings. The van der Waals surface area contributed by atoms with E-state index < -0.39 is 11.7 Å². The third kappa shape index (κ3) is 5.68. The first-order chi connectivity index (χ1) is 17.2. The van der Waals surface area contributed by atoms with Gasteiger partial charge in [-0.25, -0.2) is 9.67 Å². The minimum absolute atomic E-state index is 0.0185. The number of hydrogen-bond donors (Lipinski definition) is 0. The van der Waals surface area contributed by atoms with Crippen LogP contribution in [0.15, 0.2) is 59.1 Å². The van der Waals surface area contributed by atoms with Gasteiger partial charge in [0, 0.05) is 25.0 Å². The second-order valence-electron chi connectivity index (χ2n) is 7.37. The molecular formula is C21H19F3N10O2. The van der Waals surface area contributed by atoms with Gasteiger partial charge >= 0.3 is 6.18 Å². The first kappa shape index (κ1) is 24.4. The summed E-state index contributed by atoms with van der Waals surface area (Å²) >= 11 is 0. The number of pyridine rings is 1. The monoisotopic (exact) mass is 500 g/mol. The molecule has 0 aliphatic rings. The largest absolute Gasteiger partial charge is 0.471 e. The number of allylic oxidation sites excluding steroid dienone is 2. The van der Waals surface area contributed by atoms with Crippen molar-refractivity contribution in [1.82, 2.24) is 45.1 Å². The molecule has 0 unspecified atom stereocenters. The van der Waals surface area contributed by atoms with Gasteiger partial charge in [0.15, 0.2) is 0 Å². The van der Waals surface area contributed by atoms with Gasteiger partial charge in [-0.1, -0.05) is 17.8 Å². The van der Waals surface area contributed by atoms with Gasteiger partial charge in [-0.15, -0.1) is 5.10 Å². The Kier molecular flexibility index (Phi) is 6.98. The van der Waals surface area contributed by atoms with E-state index in [1.807, 2.05) is 0 Å². The van der Waals surface area contributed by atoms with Crippen molar-refractivity contribution in [1.29, 1.82) is 0 Å². The number of aliphatic imine (C=N–C) groups is 1. The molecule has 0 amide bonds. The summed E-state index contributed by atoms with van der Waals surface area (Å²) in [5, 5.41) is 19.2. The molecule has 0 atom stereocenters. The second kappa shape index (κ2) is 10.3. The Morgan fingerprint density at radius 3 is 2.78 bits per heavy atom. The highest BCUT2D eigenvalue weighted by Gasteiger charge is 2.30. The molecule has 4 heterocycles. The standard InChI is InChI=1S/C21H19F3N10O2/c1-4-5-16(28-13(2)10-34-12-26-31-32-34)19-29-20(36-30-19)15-9-27-33(3)17(15)11-35-18-7-6-14(8-25-18)21(22,23)24/h4-9,12H,1,10-11H2,2-3H3/b16-5-,28-13?. The molecule has 0 aromatic carbocycles. The smallest absolute Gasteiger partial charge is 0.417 e. The maximum absolute atomic E-state index is 12.7. The van der Waals surface area contributed by atoms with Crippen LogP contribution in [0.2, 0.25) is 0 Å². The number of ether oxygens (including phenoxy) is 1.